The van der Waals surface area contributed by atoms with Crippen molar-refractivity contribution in [2.24, 2.45) is 0 Å². The van der Waals surface area contributed by atoms with Gasteiger partial charge in [-0.25, -0.2) is 9.67 Å². The molecule has 0 aliphatic heterocycles. The summed E-state index contributed by atoms with van der Waals surface area (Å²) >= 11 is 0. The number of rotatable bonds is 3. The second kappa shape index (κ2) is 4.89. The molecule has 3 aromatic rings. The Balaban J connectivity index is 2.09. The molecule has 0 fully saturated rings. The molecule has 94 valence electrons. The average Bonchev–Trinajstić information content (AvgIpc) is 2.98. The minimum atomic E-state index is 0.818. The summed E-state index contributed by atoms with van der Waals surface area (Å²) in [4.78, 5) is 4.51. The zero-order valence-electron chi connectivity index (χ0n) is 10.5. The second-order valence-electron chi connectivity index (χ2n) is 4.02. The van der Waals surface area contributed by atoms with Gasteiger partial charge in [-0.2, -0.15) is 0 Å². The summed E-state index contributed by atoms with van der Waals surface area (Å²) in [5.74, 6) is 0.818. The molecule has 0 atom stereocenters. The number of anilines is 1. The number of aromatic nitrogens is 4. The fraction of sp³-hybridized carbons (Fsp3) is 0.0714. The van der Waals surface area contributed by atoms with Crippen molar-refractivity contribution >= 4 is 5.82 Å². The Kier molecular flexibility index (Phi) is 2.94. The number of pyridine rings is 1. The molecule has 2 aromatic heterocycles. The zero-order valence-corrected chi connectivity index (χ0v) is 10.5. The van der Waals surface area contributed by atoms with Gasteiger partial charge in [-0.3, -0.25) is 0 Å². The van der Waals surface area contributed by atoms with Crippen LogP contribution in [0.5, 0.6) is 0 Å². The third-order valence-corrected chi connectivity index (χ3v) is 2.82. The lowest BCUT2D eigenvalue weighted by molar-refractivity contribution is 0.806. The van der Waals surface area contributed by atoms with Crippen molar-refractivity contribution in [2.45, 2.75) is 0 Å². The largest absolute Gasteiger partial charge is 0.373 e. The summed E-state index contributed by atoms with van der Waals surface area (Å²) in [7, 11) is 1.85. The first-order chi connectivity index (χ1) is 9.38. The van der Waals surface area contributed by atoms with Gasteiger partial charge in [-0.05, 0) is 24.3 Å². The molecule has 3 rings (SSSR count). The van der Waals surface area contributed by atoms with Crippen molar-refractivity contribution in [3.63, 3.8) is 0 Å². The van der Waals surface area contributed by atoms with E-state index in [1.807, 2.05) is 55.6 Å². The number of nitrogens with zero attached hydrogens (tertiary/aromatic N) is 4. The molecule has 19 heavy (non-hydrogen) atoms. The van der Waals surface area contributed by atoms with Crippen molar-refractivity contribution < 1.29 is 0 Å². The topological polar surface area (TPSA) is 55.6 Å². The van der Waals surface area contributed by atoms with E-state index in [9.17, 15) is 0 Å². The lowest BCUT2D eigenvalue weighted by Crippen LogP contribution is -2.01. The van der Waals surface area contributed by atoms with E-state index < -0.39 is 0 Å². The molecule has 0 saturated carbocycles. The van der Waals surface area contributed by atoms with E-state index in [-0.39, 0.29) is 0 Å². The van der Waals surface area contributed by atoms with E-state index in [1.165, 1.54) is 0 Å². The van der Waals surface area contributed by atoms with Gasteiger partial charge < -0.3 is 5.32 Å². The SMILES string of the molecule is CNc1cccc(-c2cnnn2-c2ccccc2)n1. The van der Waals surface area contributed by atoms with Crippen molar-refractivity contribution in [1.29, 1.82) is 0 Å². The molecule has 5 heteroatoms. The van der Waals surface area contributed by atoms with Crippen LogP contribution in [0.4, 0.5) is 5.82 Å². The Morgan fingerprint density at radius 2 is 1.84 bits per heavy atom. The van der Waals surface area contributed by atoms with Crippen LogP contribution in [0.3, 0.4) is 0 Å². The molecule has 0 amide bonds. The highest BCUT2D eigenvalue weighted by Crippen LogP contribution is 2.20. The van der Waals surface area contributed by atoms with Crippen LogP contribution >= 0.6 is 0 Å². The summed E-state index contributed by atoms with van der Waals surface area (Å²) in [5, 5.41) is 11.1. The molecular weight excluding hydrogens is 238 g/mol. The standard InChI is InChI=1S/C14H13N5/c1-15-14-9-5-8-12(17-14)13-10-16-18-19(13)11-6-3-2-4-7-11/h2-10H,1H3,(H,15,17). The highest BCUT2D eigenvalue weighted by atomic mass is 15.4. The molecule has 0 radical (unpaired) electrons. The summed E-state index contributed by atoms with van der Waals surface area (Å²) < 4.78 is 1.78. The van der Waals surface area contributed by atoms with E-state index in [4.69, 9.17) is 0 Å². The van der Waals surface area contributed by atoms with Gasteiger partial charge in [0.25, 0.3) is 0 Å². The minimum Gasteiger partial charge on any atom is -0.373 e. The predicted octanol–water partition coefficient (Wildman–Crippen LogP) is 2.37. The Bertz CT molecular complexity index is 675. The van der Waals surface area contributed by atoms with E-state index in [1.54, 1.807) is 10.9 Å². The quantitative estimate of drug-likeness (QED) is 0.776. The maximum Gasteiger partial charge on any atom is 0.126 e. The van der Waals surface area contributed by atoms with Crippen LogP contribution in [0.25, 0.3) is 17.1 Å². The average molecular weight is 251 g/mol. The van der Waals surface area contributed by atoms with Gasteiger partial charge in [0.15, 0.2) is 0 Å². The number of nitrogens with one attached hydrogen (secondary N) is 1. The smallest absolute Gasteiger partial charge is 0.126 e. The van der Waals surface area contributed by atoms with E-state index in [2.05, 4.69) is 20.6 Å². The second-order valence-corrected chi connectivity index (χ2v) is 4.02. The highest BCUT2D eigenvalue weighted by molar-refractivity contribution is 5.58. The normalized spacial score (nSPS) is 10.4. The zero-order chi connectivity index (χ0) is 13.1. The molecule has 0 bridgehead atoms. The van der Waals surface area contributed by atoms with Crippen LogP contribution in [0.2, 0.25) is 0 Å². The lowest BCUT2D eigenvalue weighted by atomic mass is 10.2. The fourth-order valence-corrected chi connectivity index (χ4v) is 1.89. The van der Waals surface area contributed by atoms with Crippen molar-refractivity contribution in [2.75, 3.05) is 12.4 Å². The Labute approximate surface area is 110 Å². The molecule has 0 unspecified atom stereocenters. The van der Waals surface area contributed by atoms with Crippen LogP contribution < -0.4 is 5.32 Å². The molecule has 0 spiro atoms. The van der Waals surface area contributed by atoms with Crippen molar-refractivity contribution in [1.82, 2.24) is 20.0 Å². The first-order valence-corrected chi connectivity index (χ1v) is 6.00. The van der Waals surface area contributed by atoms with Gasteiger partial charge in [0.2, 0.25) is 0 Å². The van der Waals surface area contributed by atoms with Crippen LogP contribution in [-0.4, -0.2) is 27.0 Å². The number of para-hydroxylation sites is 1. The predicted molar refractivity (Wildman–Crippen MR) is 74.1 cm³/mol. The highest BCUT2D eigenvalue weighted by Gasteiger charge is 2.09. The maximum atomic E-state index is 4.51. The van der Waals surface area contributed by atoms with Crippen molar-refractivity contribution in [3.8, 4) is 17.1 Å². The molecular formula is C14H13N5. The third-order valence-electron chi connectivity index (χ3n) is 2.82. The summed E-state index contributed by atoms with van der Waals surface area (Å²) in [6.45, 7) is 0. The fourth-order valence-electron chi connectivity index (χ4n) is 1.89. The van der Waals surface area contributed by atoms with Gasteiger partial charge in [0.05, 0.1) is 17.6 Å². The molecule has 0 aliphatic carbocycles. The van der Waals surface area contributed by atoms with Gasteiger partial charge in [0.1, 0.15) is 11.5 Å². The van der Waals surface area contributed by atoms with Gasteiger partial charge >= 0.3 is 0 Å². The molecule has 5 nitrogen and oxygen atoms in total. The van der Waals surface area contributed by atoms with Crippen molar-refractivity contribution in [3.05, 3.63) is 54.7 Å². The Hall–Kier alpha value is -2.69. The first kappa shape index (κ1) is 11.4. The van der Waals surface area contributed by atoms with E-state index in [0.29, 0.717) is 0 Å². The minimum absolute atomic E-state index is 0.818. The number of hydrogen-bond donors (Lipinski definition) is 1. The van der Waals surface area contributed by atoms with E-state index >= 15 is 0 Å². The third kappa shape index (κ3) is 2.18. The van der Waals surface area contributed by atoms with Crippen LogP contribution in [-0.2, 0) is 0 Å². The molecule has 1 N–H and O–H groups in total. The van der Waals surface area contributed by atoms with Crippen LogP contribution in [0, 0.1) is 0 Å². The van der Waals surface area contributed by atoms with Gasteiger partial charge in [-0.1, -0.05) is 29.5 Å². The number of benzene rings is 1. The van der Waals surface area contributed by atoms with Gasteiger partial charge in [-0.15, -0.1) is 5.10 Å². The Morgan fingerprint density at radius 3 is 2.63 bits per heavy atom. The van der Waals surface area contributed by atoms with E-state index in [0.717, 1.165) is 22.9 Å². The summed E-state index contributed by atoms with van der Waals surface area (Å²) in [6.07, 6.45) is 1.72. The maximum absolute atomic E-state index is 4.51. The van der Waals surface area contributed by atoms with Crippen LogP contribution in [0.15, 0.2) is 54.7 Å². The molecule has 0 aliphatic rings. The molecule has 2 heterocycles. The van der Waals surface area contributed by atoms with Crippen LogP contribution in [0.1, 0.15) is 0 Å². The summed E-state index contributed by atoms with van der Waals surface area (Å²) in [5.41, 5.74) is 2.66. The lowest BCUT2D eigenvalue weighted by Gasteiger charge is -2.06. The first-order valence-electron chi connectivity index (χ1n) is 6.00. The van der Waals surface area contributed by atoms with Gasteiger partial charge in [0, 0.05) is 7.05 Å². The monoisotopic (exact) mass is 251 g/mol. The summed E-state index contributed by atoms with van der Waals surface area (Å²) in [6, 6.07) is 15.7. The number of hydrogen-bond acceptors (Lipinski definition) is 4. The Morgan fingerprint density at radius 1 is 1.00 bits per heavy atom. The molecule has 0 saturated heterocycles. The molecule has 1 aromatic carbocycles.